The van der Waals surface area contributed by atoms with Crippen molar-refractivity contribution in [3.63, 3.8) is 0 Å². The van der Waals surface area contributed by atoms with Crippen LogP contribution in [0.15, 0.2) is 30.3 Å². The molecule has 0 bridgehead atoms. The third-order valence-electron chi connectivity index (χ3n) is 4.52. The number of piperidine rings is 1. The van der Waals surface area contributed by atoms with Crippen molar-refractivity contribution in [1.29, 1.82) is 0 Å². The fourth-order valence-corrected chi connectivity index (χ4v) is 3.35. The van der Waals surface area contributed by atoms with Crippen molar-refractivity contribution in [2.45, 2.75) is 45.4 Å². The number of likely N-dealkylation sites (N-methyl/N-ethyl adjacent to an activating group) is 1. The van der Waals surface area contributed by atoms with Crippen molar-refractivity contribution >= 4 is 6.03 Å². The lowest BCUT2D eigenvalue weighted by Crippen LogP contribution is -2.53. The Bertz CT molecular complexity index is 527. The zero-order chi connectivity index (χ0) is 17.7. The Hall–Kier alpha value is -1.59. The molecule has 2 unspecified atom stereocenters. The number of carbonyl (C=O) groups is 1. The molecular formula is C19H31N3O2. The van der Waals surface area contributed by atoms with Gasteiger partial charge < -0.3 is 15.3 Å². The molecule has 1 heterocycles. The highest BCUT2D eigenvalue weighted by Gasteiger charge is 2.29. The quantitative estimate of drug-likeness (QED) is 0.869. The van der Waals surface area contributed by atoms with Gasteiger partial charge in [-0.3, -0.25) is 4.90 Å². The van der Waals surface area contributed by atoms with E-state index < -0.39 is 5.60 Å². The molecule has 1 aromatic rings. The number of amides is 2. The average molecular weight is 333 g/mol. The van der Waals surface area contributed by atoms with Crippen molar-refractivity contribution in [1.82, 2.24) is 15.1 Å². The van der Waals surface area contributed by atoms with Crippen LogP contribution in [-0.2, 0) is 6.54 Å². The van der Waals surface area contributed by atoms with Gasteiger partial charge in [0.05, 0.1) is 12.1 Å². The van der Waals surface area contributed by atoms with Crippen LogP contribution in [0.1, 0.15) is 32.8 Å². The molecule has 24 heavy (non-hydrogen) atoms. The minimum atomic E-state index is -0.878. The van der Waals surface area contributed by atoms with Gasteiger partial charge in [-0.25, -0.2) is 4.79 Å². The minimum absolute atomic E-state index is 0.106. The van der Waals surface area contributed by atoms with E-state index in [1.54, 1.807) is 25.8 Å². The maximum Gasteiger partial charge on any atom is 0.317 e. The lowest BCUT2D eigenvalue weighted by Gasteiger charge is -2.38. The summed E-state index contributed by atoms with van der Waals surface area (Å²) >= 11 is 0. The summed E-state index contributed by atoms with van der Waals surface area (Å²) in [7, 11) is 1.72. The second-order valence-electron chi connectivity index (χ2n) is 7.71. The molecule has 2 N–H and O–H groups in total. The van der Waals surface area contributed by atoms with Gasteiger partial charge in [0, 0.05) is 32.7 Å². The Labute approximate surface area is 145 Å². The first-order valence-electron chi connectivity index (χ1n) is 8.75. The number of nitrogens with zero attached hydrogens (tertiary/aromatic N) is 2. The van der Waals surface area contributed by atoms with E-state index in [-0.39, 0.29) is 12.1 Å². The van der Waals surface area contributed by atoms with Crippen LogP contribution in [0, 0.1) is 5.92 Å². The van der Waals surface area contributed by atoms with Crippen molar-refractivity contribution in [2.24, 2.45) is 5.92 Å². The zero-order valence-corrected chi connectivity index (χ0v) is 15.3. The first kappa shape index (κ1) is 18.7. The molecule has 1 aliphatic rings. The van der Waals surface area contributed by atoms with Crippen molar-refractivity contribution in [3.8, 4) is 0 Å². The van der Waals surface area contributed by atoms with E-state index >= 15 is 0 Å². The Morgan fingerprint density at radius 3 is 2.62 bits per heavy atom. The number of carbonyl (C=O) groups excluding carboxylic acids is 1. The van der Waals surface area contributed by atoms with Crippen LogP contribution in [-0.4, -0.2) is 59.3 Å². The lowest BCUT2D eigenvalue weighted by molar-refractivity contribution is 0.0514. The van der Waals surface area contributed by atoms with Gasteiger partial charge in [0.2, 0.25) is 0 Å². The summed E-state index contributed by atoms with van der Waals surface area (Å²) in [5.74, 6) is 0.405. The first-order chi connectivity index (χ1) is 11.2. The Kier molecular flexibility index (Phi) is 6.24. The fourth-order valence-electron chi connectivity index (χ4n) is 3.35. The summed E-state index contributed by atoms with van der Waals surface area (Å²) in [5.41, 5.74) is 0.452. The van der Waals surface area contributed by atoms with Crippen LogP contribution in [0.5, 0.6) is 0 Å². The number of rotatable bonds is 5. The van der Waals surface area contributed by atoms with Crippen LogP contribution in [0.25, 0.3) is 0 Å². The number of likely N-dealkylation sites (tertiary alicyclic amines) is 1. The standard InChI is InChI=1S/C19H31N3O2/c1-15-12-22(13-16-8-6-5-7-9-16)11-10-17(15)20-18(23)21(4)14-19(2,3)24/h5-9,15,17,24H,10-14H2,1-4H3,(H,20,23). The third kappa shape index (κ3) is 5.80. The summed E-state index contributed by atoms with van der Waals surface area (Å²) in [6.07, 6.45) is 0.954. The molecule has 2 rings (SSSR count). The van der Waals surface area contributed by atoms with E-state index in [2.05, 4.69) is 41.4 Å². The summed E-state index contributed by atoms with van der Waals surface area (Å²) in [4.78, 5) is 16.3. The highest BCUT2D eigenvalue weighted by molar-refractivity contribution is 5.74. The summed E-state index contributed by atoms with van der Waals surface area (Å²) < 4.78 is 0. The molecule has 2 amide bonds. The summed E-state index contributed by atoms with van der Waals surface area (Å²) in [5, 5.41) is 13.0. The van der Waals surface area contributed by atoms with Crippen molar-refractivity contribution in [2.75, 3.05) is 26.7 Å². The van der Waals surface area contributed by atoms with E-state index in [1.165, 1.54) is 5.56 Å². The maximum absolute atomic E-state index is 12.3. The molecule has 0 saturated carbocycles. The van der Waals surface area contributed by atoms with Crippen molar-refractivity contribution < 1.29 is 9.90 Å². The van der Waals surface area contributed by atoms with Gasteiger partial charge in [0.25, 0.3) is 0 Å². The average Bonchev–Trinajstić information content (AvgIpc) is 2.49. The van der Waals surface area contributed by atoms with Gasteiger partial charge in [-0.1, -0.05) is 37.3 Å². The maximum atomic E-state index is 12.3. The molecule has 1 saturated heterocycles. The van der Waals surface area contributed by atoms with Gasteiger partial charge in [0.15, 0.2) is 0 Å². The van der Waals surface area contributed by atoms with E-state index in [4.69, 9.17) is 0 Å². The molecular weight excluding hydrogens is 302 g/mol. The van der Waals surface area contributed by atoms with Gasteiger partial charge in [-0.2, -0.15) is 0 Å². The SMILES string of the molecule is CC1CN(Cc2ccccc2)CCC1NC(=O)N(C)CC(C)(C)O. The monoisotopic (exact) mass is 333 g/mol. The van der Waals surface area contributed by atoms with Gasteiger partial charge in [-0.15, -0.1) is 0 Å². The fraction of sp³-hybridized carbons (Fsp3) is 0.632. The van der Waals surface area contributed by atoms with Crippen molar-refractivity contribution in [3.05, 3.63) is 35.9 Å². The summed E-state index contributed by atoms with van der Waals surface area (Å²) in [6, 6.07) is 10.6. The molecule has 0 aliphatic carbocycles. The topological polar surface area (TPSA) is 55.8 Å². The number of aliphatic hydroxyl groups is 1. The van der Waals surface area contributed by atoms with E-state index in [1.807, 2.05) is 6.07 Å². The van der Waals surface area contributed by atoms with Crippen LogP contribution in [0.2, 0.25) is 0 Å². The molecule has 1 aliphatic heterocycles. The second-order valence-corrected chi connectivity index (χ2v) is 7.71. The highest BCUT2D eigenvalue weighted by Crippen LogP contribution is 2.19. The largest absolute Gasteiger partial charge is 0.389 e. The van der Waals surface area contributed by atoms with Crippen LogP contribution < -0.4 is 5.32 Å². The number of urea groups is 1. The number of hydrogen-bond donors (Lipinski definition) is 2. The second kappa shape index (κ2) is 7.99. The molecule has 5 heteroatoms. The minimum Gasteiger partial charge on any atom is -0.389 e. The molecule has 2 atom stereocenters. The van der Waals surface area contributed by atoms with E-state index in [9.17, 15) is 9.90 Å². The van der Waals surface area contributed by atoms with E-state index in [0.29, 0.717) is 12.5 Å². The molecule has 0 radical (unpaired) electrons. The lowest BCUT2D eigenvalue weighted by atomic mass is 9.93. The Balaban J connectivity index is 1.82. The van der Waals surface area contributed by atoms with Crippen LogP contribution >= 0.6 is 0 Å². The molecule has 0 spiro atoms. The number of nitrogens with one attached hydrogen (secondary N) is 1. The third-order valence-corrected chi connectivity index (χ3v) is 4.52. The first-order valence-corrected chi connectivity index (χ1v) is 8.75. The smallest absolute Gasteiger partial charge is 0.317 e. The normalized spacial score (nSPS) is 22.2. The number of hydrogen-bond acceptors (Lipinski definition) is 3. The van der Waals surface area contributed by atoms with Crippen LogP contribution in [0.4, 0.5) is 4.79 Å². The highest BCUT2D eigenvalue weighted by atomic mass is 16.3. The van der Waals surface area contributed by atoms with Gasteiger partial charge >= 0.3 is 6.03 Å². The molecule has 0 aromatic heterocycles. The van der Waals surface area contributed by atoms with Crippen LogP contribution in [0.3, 0.4) is 0 Å². The molecule has 1 aromatic carbocycles. The zero-order valence-electron chi connectivity index (χ0n) is 15.3. The van der Waals surface area contributed by atoms with Gasteiger partial charge in [0.1, 0.15) is 0 Å². The van der Waals surface area contributed by atoms with E-state index in [0.717, 1.165) is 26.1 Å². The molecule has 1 fully saturated rings. The molecule has 5 nitrogen and oxygen atoms in total. The summed E-state index contributed by atoms with van der Waals surface area (Å²) in [6.45, 7) is 8.86. The van der Waals surface area contributed by atoms with Gasteiger partial charge in [-0.05, 0) is 31.7 Å². The Morgan fingerprint density at radius 1 is 1.38 bits per heavy atom. The predicted octanol–water partition coefficient (Wildman–Crippen LogP) is 2.31. The molecule has 134 valence electrons. The Morgan fingerprint density at radius 2 is 2.04 bits per heavy atom. The predicted molar refractivity (Wildman–Crippen MR) is 96.7 cm³/mol. The number of benzene rings is 1.